The van der Waals surface area contributed by atoms with E-state index in [2.05, 4.69) is 17.2 Å². The summed E-state index contributed by atoms with van der Waals surface area (Å²) in [6.07, 6.45) is 2.85. The van der Waals surface area contributed by atoms with E-state index >= 15 is 0 Å². The average molecular weight is 278 g/mol. The van der Waals surface area contributed by atoms with E-state index in [9.17, 15) is 9.59 Å². The first-order valence-corrected chi connectivity index (χ1v) is 7.19. The Labute approximate surface area is 118 Å². The molecular formula is C15H22N2O3. The molecule has 0 bridgehead atoms. The highest BCUT2D eigenvalue weighted by atomic mass is 16.5. The fourth-order valence-corrected chi connectivity index (χ4v) is 2.74. The summed E-state index contributed by atoms with van der Waals surface area (Å²) in [6, 6.07) is 3.19. The minimum Gasteiger partial charge on any atom is -0.381 e. The number of ether oxygens (including phenoxy) is 1. The van der Waals surface area contributed by atoms with Crippen LogP contribution in [0, 0.1) is 12.8 Å². The number of rotatable bonds is 4. The monoisotopic (exact) mass is 278 g/mol. The standard InChI is InChI=1S/C15H22N2O3/c1-3-13(11-4-6-20-7-5-11)17-15(19)12-8-10(2)16-14(18)9-12/h8-9,11,13H,3-7H2,1-2H3,(H,16,18)(H,17,19). The zero-order valence-corrected chi connectivity index (χ0v) is 12.1. The maximum absolute atomic E-state index is 12.3. The minimum atomic E-state index is -0.241. The molecule has 0 saturated carbocycles. The van der Waals surface area contributed by atoms with Crippen LogP contribution in [-0.2, 0) is 4.74 Å². The van der Waals surface area contributed by atoms with Gasteiger partial charge in [0.1, 0.15) is 0 Å². The zero-order valence-electron chi connectivity index (χ0n) is 12.1. The fraction of sp³-hybridized carbons (Fsp3) is 0.600. The van der Waals surface area contributed by atoms with Crippen LogP contribution in [0.1, 0.15) is 42.2 Å². The first-order chi connectivity index (χ1) is 9.60. The summed E-state index contributed by atoms with van der Waals surface area (Å²) >= 11 is 0. The number of amides is 1. The lowest BCUT2D eigenvalue weighted by atomic mass is 9.90. The lowest BCUT2D eigenvalue weighted by molar-refractivity contribution is 0.0510. The minimum absolute atomic E-state index is 0.144. The van der Waals surface area contributed by atoms with Crippen LogP contribution in [0.5, 0.6) is 0 Å². The van der Waals surface area contributed by atoms with Gasteiger partial charge in [0.15, 0.2) is 0 Å². The highest BCUT2D eigenvalue weighted by molar-refractivity contribution is 5.94. The molecular weight excluding hydrogens is 256 g/mol. The predicted octanol–water partition coefficient (Wildman–Crippen LogP) is 1.62. The summed E-state index contributed by atoms with van der Waals surface area (Å²) in [5, 5.41) is 3.06. The van der Waals surface area contributed by atoms with Crippen molar-refractivity contribution in [2.75, 3.05) is 13.2 Å². The molecule has 1 saturated heterocycles. The van der Waals surface area contributed by atoms with Crippen molar-refractivity contribution in [2.45, 2.75) is 39.2 Å². The number of aromatic amines is 1. The molecule has 1 aliphatic rings. The van der Waals surface area contributed by atoms with Gasteiger partial charge in [-0.2, -0.15) is 0 Å². The molecule has 1 amide bonds. The molecule has 0 aromatic carbocycles. The van der Waals surface area contributed by atoms with Gasteiger partial charge < -0.3 is 15.0 Å². The van der Waals surface area contributed by atoms with Gasteiger partial charge in [0, 0.05) is 36.6 Å². The van der Waals surface area contributed by atoms with Gasteiger partial charge in [-0.3, -0.25) is 9.59 Å². The summed E-state index contributed by atoms with van der Waals surface area (Å²) in [7, 11) is 0. The van der Waals surface area contributed by atoms with Gasteiger partial charge in [-0.1, -0.05) is 6.92 Å². The number of aryl methyl sites for hydroxylation is 1. The number of pyridine rings is 1. The van der Waals surface area contributed by atoms with E-state index in [-0.39, 0.29) is 17.5 Å². The molecule has 5 heteroatoms. The second kappa shape index (κ2) is 6.70. The van der Waals surface area contributed by atoms with Gasteiger partial charge in [0.05, 0.1) is 0 Å². The van der Waals surface area contributed by atoms with Crippen molar-refractivity contribution in [3.63, 3.8) is 0 Å². The molecule has 2 heterocycles. The SMILES string of the molecule is CCC(NC(=O)c1cc(C)[nH]c(=O)c1)C1CCOCC1. The zero-order chi connectivity index (χ0) is 14.5. The molecule has 1 atom stereocenters. The molecule has 1 fully saturated rings. The number of aromatic nitrogens is 1. The smallest absolute Gasteiger partial charge is 0.251 e. The van der Waals surface area contributed by atoms with Crippen molar-refractivity contribution in [2.24, 2.45) is 5.92 Å². The Balaban J connectivity index is 2.06. The number of nitrogens with one attached hydrogen (secondary N) is 2. The van der Waals surface area contributed by atoms with Gasteiger partial charge in [-0.25, -0.2) is 0 Å². The Morgan fingerprint density at radius 2 is 2.15 bits per heavy atom. The van der Waals surface area contributed by atoms with E-state index in [0.29, 0.717) is 17.2 Å². The van der Waals surface area contributed by atoms with Gasteiger partial charge in [0.2, 0.25) is 5.56 Å². The molecule has 2 N–H and O–H groups in total. The van der Waals surface area contributed by atoms with Crippen LogP contribution in [0.3, 0.4) is 0 Å². The normalized spacial score (nSPS) is 17.7. The summed E-state index contributed by atoms with van der Waals surface area (Å²) in [4.78, 5) is 26.3. The Morgan fingerprint density at radius 3 is 2.75 bits per heavy atom. The van der Waals surface area contributed by atoms with Crippen molar-refractivity contribution in [3.8, 4) is 0 Å². The van der Waals surface area contributed by atoms with Crippen molar-refractivity contribution < 1.29 is 9.53 Å². The summed E-state index contributed by atoms with van der Waals surface area (Å²) in [6.45, 7) is 5.37. The van der Waals surface area contributed by atoms with Crippen molar-refractivity contribution in [3.05, 3.63) is 33.7 Å². The second-order valence-corrected chi connectivity index (χ2v) is 5.35. The molecule has 1 aromatic rings. The Hall–Kier alpha value is -1.62. The molecule has 1 unspecified atom stereocenters. The number of hydrogen-bond donors (Lipinski definition) is 2. The topological polar surface area (TPSA) is 71.2 Å². The maximum atomic E-state index is 12.3. The van der Waals surface area contributed by atoms with Crippen molar-refractivity contribution >= 4 is 5.91 Å². The highest BCUT2D eigenvalue weighted by Crippen LogP contribution is 2.21. The van der Waals surface area contributed by atoms with Crippen LogP contribution in [0.4, 0.5) is 0 Å². The number of carbonyl (C=O) groups excluding carboxylic acids is 1. The Kier molecular flexibility index (Phi) is 4.95. The van der Waals surface area contributed by atoms with Crippen LogP contribution in [0.2, 0.25) is 0 Å². The highest BCUT2D eigenvalue weighted by Gasteiger charge is 2.24. The lowest BCUT2D eigenvalue weighted by Gasteiger charge is -2.30. The molecule has 0 spiro atoms. The van der Waals surface area contributed by atoms with E-state index in [0.717, 1.165) is 32.5 Å². The van der Waals surface area contributed by atoms with Crippen LogP contribution < -0.4 is 10.9 Å². The molecule has 5 nitrogen and oxygen atoms in total. The number of H-pyrrole nitrogens is 1. The van der Waals surface area contributed by atoms with Gasteiger partial charge >= 0.3 is 0 Å². The summed E-state index contributed by atoms with van der Waals surface area (Å²) in [5.41, 5.74) is 0.882. The van der Waals surface area contributed by atoms with Gasteiger partial charge in [-0.15, -0.1) is 0 Å². The third-order valence-electron chi connectivity index (χ3n) is 3.83. The summed E-state index contributed by atoms with van der Waals surface area (Å²) < 4.78 is 5.36. The third-order valence-corrected chi connectivity index (χ3v) is 3.83. The van der Waals surface area contributed by atoms with E-state index < -0.39 is 0 Å². The number of hydrogen-bond acceptors (Lipinski definition) is 3. The predicted molar refractivity (Wildman–Crippen MR) is 76.9 cm³/mol. The van der Waals surface area contributed by atoms with E-state index in [1.54, 1.807) is 13.0 Å². The van der Waals surface area contributed by atoms with E-state index in [1.807, 2.05) is 0 Å². The van der Waals surface area contributed by atoms with E-state index in [4.69, 9.17) is 4.74 Å². The van der Waals surface area contributed by atoms with Gasteiger partial charge in [0.25, 0.3) is 5.91 Å². The molecule has 1 aliphatic heterocycles. The van der Waals surface area contributed by atoms with Crippen molar-refractivity contribution in [1.82, 2.24) is 10.3 Å². The van der Waals surface area contributed by atoms with Crippen LogP contribution >= 0.6 is 0 Å². The average Bonchev–Trinajstić information content (AvgIpc) is 2.44. The van der Waals surface area contributed by atoms with E-state index in [1.165, 1.54) is 6.07 Å². The fourth-order valence-electron chi connectivity index (χ4n) is 2.74. The first-order valence-electron chi connectivity index (χ1n) is 7.19. The van der Waals surface area contributed by atoms with Gasteiger partial charge in [-0.05, 0) is 38.2 Å². The Morgan fingerprint density at radius 1 is 1.45 bits per heavy atom. The Bertz CT molecular complexity index is 518. The lowest BCUT2D eigenvalue weighted by Crippen LogP contribution is -2.42. The molecule has 0 radical (unpaired) electrons. The largest absolute Gasteiger partial charge is 0.381 e. The first kappa shape index (κ1) is 14.8. The number of carbonyl (C=O) groups is 1. The maximum Gasteiger partial charge on any atom is 0.251 e. The van der Waals surface area contributed by atoms with Crippen LogP contribution in [-0.4, -0.2) is 30.1 Å². The molecule has 1 aromatic heterocycles. The quantitative estimate of drug-likeness (QED) is 0.879. The molecule has 2 rings (SSSR count). The molecule has 20 heavy (non-hydrogen) atoms. The summed E-state index contributed by atoms with van der Waals surface area (Å²) in [5.74, 6) is 0.290. The van der Waals surface area contributed by atoms with Crippen LogP contribution in [0.25, 0.3) is 0 Å². The molecule has 110 valence electrons. The second-order valence-electron chi connectivity index (χ2n) is 5.35. The third kappa shape index (κ3) is 3.70. The van der Waals surface area contributed by atoms with Crippen molar-refractivity contribution in [1.29, 1.82) is 0 Å². The molecule has 0 aliphatic carbocycles. The van der Waals surface area contributed by atoms with Crippen LogP contribution in [0.15, 0.2) is 16.9 Å².